The zero-order valence-corrected chi connectivity index (χ0v) is 8.76. The Balaban J connectivity index is 2.68. The van der Waals surface area contributed by atoms with Gasteiger partial charge in [-0.15, -0.1) is 0 Å². The summed E-state index contributed by atoms with van der Waals surface area (Å²) in [6.45, 7) is 6.65. The molecule has 3 heteroatoms. The molecule has 2 nitrogen and oxygen atoms in total. The quantitative estimate of drug-likeness (QED) is 0.763. The van der Waals surface area contributed by atoms with Crippen molar-refractivity contribution in [2.75, 3.05) is 0 Å². The second-order valence-electron chi connectivity index (χ2n) is 4.42. The van der Waals surface area contributed by atoms with E-state index in [1.807, 2.05) is 20.8 Å². The predicted octanol–water partition coefficient (Wildman–Crippen LogP) is 2.42. The lowest BCUT2D eigenvalue weighted by Gasteiger charge is -2.20. The van der Waals surface area contributed by atoms with Gasteiger partial charge in [-0.3, -0.25) is 0 Å². The summed E-state index contributed by atoms with van der Waals surface area (Å²) in [6, 6.07) is 4.07. The van der Waals surface area contributed by atoms with Crippen LogP contribution in [0.2, 0.25) is 0 Å². The Morgan fingerprint density at radius 1 is 1.29 bits per heavy atom. The molecule has 1 aromatic carbocycles. The second-order valence-corrected chi connectivity index (χ2v) is 4.42. The Morgan fingerprint density at radius 2 is 1.93 bits per heavy atom. The summed E-state index contributed by atoms with van der Waals surface area (Å²) >= 11 is 0. The molecule has 2 N–H and O–H groups in total. The summed E-state index contributed by atoms with van der Waals surface area (Å²) in [5.41, 5.74) is 0.736. The van der Waals surface area contributed by atoms with Gasteiger partial charge in [-0.25, -0.2) is 4.39 Å². The van der Waals surface area contributed by atoms with E-state index in [4.69, 9.17) is 5.11 Å². The Hall–Kier alpha value is -1.09. The van der Waals surface area contributed by atoms with Crippen LogP contribution in [-0.2, 0) is 6.54 Å². The van der Waals surface area contributed by atoms with E-state index < -0.39 is 5.82 Å². The second kappa shape index (κ2) is 3.96. The minimum Gasteiger partial charge on any atom is -0.508 e. The van der Waals surface area contributed by atoms with E-state index in [9.17, 15) is 4.39 Å². The molecule has 14 heavy (non-hydrogen) atoms. The van der Waals surface area contributed by atoms with Crippen molar-refractivity contribution < 1.29 is 9.50 Å². The maximum atomic E-state index is 12.9. The first-order valence-electron chi connectivity index (χ1n) is 4.60. The van der Waals surface area contributed by atoms with Crippen molar-refractivity contribution in [3.8, 4) is 5.75 Å². The van der Waals surface area contributed by atoms with E-state index in [2.05, 4.69) is 5.32 Å². The van der Waals surface area contributed by atoms with Gasteiger partial charge in [-0.05, 0) is 38.5 Å². The molecule has 1 rings (SSSR count). The van der Waals surface area contributed by atoms with Crippen LogP contribution in [0.1, 0.15) is 26.3 Å². The van der Waals surface area contributed by atoms with Gasteiger partial charge in [0.2, 0.25) is 0 Å². The normalized spacial score (nSPS) is 11.7. The number of nitrogens with one attached hydrogen (secondary N) is 1. The molecule has 0 fully saturated rings. The van der Waals surface area contributed by atoms with Gasteiger partial charge in [-0.2, -0.15) is 0 Å². The molecule has 0 unspecified atom stereocenters. The molecule has 1 aromatic rings. The zero-order chi connectivity index (χ0) is 10.8. The van der Waals surface area contributed by atoms with Crippen molar-refractivity contribution in [3.05, 3.63) is 29.6 Å². The van der Waals surface area contributed by atoms with E-state index in [-0.39, 0.29) is 11.3 Å². The van der Waals surface area contributed by atoms with Crippen molar-refractivity contribution in [2.24, 2.45) is 0 Å². The number of hydrogen-bond donors (Lipinski definition) is 2. The average molecular weight is 197 g/mol. The number of rotatable bonds is 2. The highest BCUT2D eigenvalue weighted by atomic mass is 19.1. The van der Waals surface area contributed by atoms with Crippen molar-refractivity contribution >= 4 is 0 Å². The van der Waals surface area contributed by atoms with Gasteiger partial charge < -0.3 is 10.4 Å². The van der Waals surface area contributed by atoms with Crippen LogP contribution in [0.15, 0.2) is 18.2 Å². The van der Waals surface area contributed by atoms with Crippen molar-refractivity contribution in [3.63, 3.8) is 0 Å². The Bertz CT molecular complexity index is 297. The third-order valence-electron chi connectivity index (χ3n) is 1.77. The highest BCUT2D eigenvalue weighted by Crippen LogP contribution is 2.15. The number of phenols is 1. The number of hydrogen-bond acceptors (Lipinski definition) is 2. The number of aromatic hydroxyl groups is 1. The van der Waals surface area contributed by atoms with E-state index >= 15 is 0 Å². The standard InChI is InChI=1S/C11H16FNO/c1-11(2,3)13-7-8-4-9(12)6-10(14)5-8/h4-6,13-14H,7H2,1-3H3. The van der Waals surface area contributed by atoms with Crippen LogP contribution in [-0.4, -0.2) is 10.6 Å². The minimum atomic E-state index is -0.407. The Kier molecular flexibility index (Phi) is 3.11. The highest BCUT2D eigenvalue weighted by molar-refractivity contribution is 5.28. The van der Waals surface area contributed by atoms with Gasteiger partial charge in [0, 0.05) is 18.2 Å². The first-order valence-corrected chi connectivity index (χ1v) is 4.60. The van der Waals surface area contributed by atoms with Crippen LogP contribution in [0, 0.1) is 5.82 Å². The van der Waals surface area contributed by atoms with E-state index in [0.29, 0.717) is 6.54 Å². The Morgan fingerprint density at radius 3 is 2.43 bits per heavy atom. The number of phenolic OH excluding ortho intramolecular Hbond substituents is 1. The molecule has 0 aliphatic rings. The van der Waals surface area contributed by atoms with Gasteiger partial charge in [0.05, 0.1) is 0 Å². The van der Waals surface area contributed by atoms with Crippen molar-refractivity contribution in [1.29, 1.82) is 0 Å². The summed E-state index contributed by atoms with van der Waals surface area (Å²) in [4.78, 5) is 0. The summed E-state index contributed by atoms with van der Waals surface area (Å²) < 4.78 is 12.9. The lowest BCUT2D eigenvalue weighted by molar-refractivity contribution is 0.421. The van der Waals surface area contributed by atoms with E-state index in [1.165, 1.54) is 6.07 Å². The highest BCUT2D eigenvalue weighted by Gasteiger charge is 2.09. The fraction of sp³-hybridized carbons (Fsp3) is 0.455. The molecule has 0 bridgehead atoms. The fourth-order valence-corrected chi connectivity index (χ4v) is 1.10. The number of benzene rings is 1. The largest absolute Gasteiger partial charge is 0.508 e. The summed E-state index contributed by atoms with van der Waals surface area (Å²) in [5, 5.41) is 12.4. The molecule has 78 valence electrons. The fourth-order valence-electron chi connectivity index (χ4n) is 1.10. The third-order valence-corrected chi connectivity index (χ3v) is 1.77. The Labute approximate surface area is 83.8 Å². The lowest BCUT2D eigenvalue weighted by Crippen LogP contribution is -2.35. The van der Waals surface area contributed by atoms with Crippen LogP contribution in [0.25, 0.3) is 0 Å². The molecule has 0 saturated carbocycles. The van der Waals surface area contributed by atoms with Crippen LogP contribution in [0.4, 0.5) is 4.39 Å². The van der Waals surface area contributed by atoms with Crippen LogP contribution >= 0.6 is 0 Å². The monoisotopic (exact) mass is 197 g/mol. The van der Waals surface area contributed by atoms with Crippen molar-refractivity contribution in [2.45, 2.75) is 32.9 Å². The van der Waals surface area contributed by atoms with Crippen LogP contribution < -0.4 is 5.32 Å². The van der Waals surface area contributed by atoms with Gasteiger partial charge >= 0.3 is 0 Å². The smallest absolute Gasteiger partial charge is 0.127 e. The van der Waals surface area contributed by atoms with Gasteiger partial charge in [0.1, 0.15) is 11.6 Å². The molecule has 0 atom stereocenters. The zero-order valence-electron chi connectivity index (χ0n) is 8.76. The molecule has 0 heterocycles. The SMILES string of the molecule is CC(C)(C)NCc1cc(O)cc(F)c1. The van der Waals surface area contributed by atoms with E-state index in [1.54, 1.807) is 6.07 Å². The average Bonchev–Trinajstić information content (AvgIpc) is 1.97. The molecule has 0 amide bonds. The molecule has 0 aromatic heterocycles. The lowest BCUT2D eigenvalue weighted by atomic mass is 10.1. The molecule has 0 spiro atoms. The van der Waals surface area contributed by atoms with Crippen LogP contribution in [0.5, 0.6) is 5.75 Å². The van der Waals surface area contributed by atoms with Gasteiger partial charge in [-0.1, -0.05) is 0 Å². The maximum Gasteiger partial charge on any atom is 0.127 e. The molecule has 0 saturated heterocycles. The van der Waals surface area contributed by atoms with Gasteiger partial charge in [0.15, 0.2) is 0 Å². The molecule has 0 aliphatic carbocycles. The maximum absolute atomic E-state index is 12.9. The minimum absolute atomic E-state index is 0.0120. The van der Waals surface area contributed by atoms with Crippen molar-refractivity contribution in [1.82, 2.24) is 5.32 Å². The molecular weight excluding hydrogens is 181 g/mol. The number of halogens is 1. The summed E-state index contributed by atoms with van der Waals surface area (Å²) in [5.74, 6) is -0.439. The topological polar surface area (TPSA) is 32.3 Å². The summed E-state index contributed by atoms with van der Waals surface area (Å²) in [7, 11) is 0. The first kappa shape index (κ1) is 11.0. The first-order chi connectivity index (χ1) is 6.37. The van der Waals surface area contributed by atoms with E-state index in [0.717, 1.165) is 11.6 Å². The third kappa shape index (κ3) is 3.75. The molecule has 0 aliphatic heterocycles. The summed E-state index contributed by atoms with van der Waals surface area (Å²) in [6.07, 6.45) is 0. The molecular formula is C11H16FNO. The van der Waals surface area contributed by atoms with Gasteiger partial charge in [0.25, 0.3) is 0 Å². The molecule has 0 radical (unpaired) electrons. The van der Waals surface area contributed by atoms with Crippen LogP contribution in [0.3, 0.4) is 0 Å². The predicted molar refractivity (Wildman–Crippen MR) is 54.7 cm³/mol.